The molecular weight excluding hydrogens is 252 g/mol. The fourth-order valence-electron chi connectivity index (χ4n) is 3.01. The molecule has 1 saturated heterocycles. The summed E-state index contributed by atoms with van der Waals surface area (Å²) in [6.07, 6.45) is 1.28. The molecule has 0 radical (unpaired) electrons. The minimum absolute atomic E-state index is 0.0224. The summed E-state index contributed by atoms with van der Waals surface area (Å²) in [4.78, 5) is 23.1. The zero-order valence-corrected chi connectivity index (χ0v) is 10.7. The molecule has 0 bridgehead atoms. The summed E-state index contributed by atoms with van der Waals surface area (Å²) in [5, 5.41) is 2.21. The molecule has 1 fully saturated rings. The van der Waals surface area contributed by atoms with Crippen molar-refractivity contribution in [3.8, 4) is 0 Å². The molecule has 1 heterocycles. The van der Waals surface area contributed by atoms with Gasteiger partial charge in [-0.15, -0.1) is 0 Å². The molecule has 3 rings (SSSR count). The van der Waals surface area contributed by atoms with Crippen LogP contribution in [0.25, 0.3) is 0 Å². The molecule has 1 N–H and O–H groups in total. The topological polar surface area (TPSA) is 49.4 Å². The summed E-state index contributed by atoms with van der Waals surface area (Å²) in [6.45, 7) is 1.41. The number of fused-ring (bicyclic) bond motifs is 3. The minimum atomic E-state index is -0.223. The van der Waals surface area contributed by atoms with E-state index < -0.39 is 0 Å². The van der Waals surface area contributed by atoms with Crippen LogP contribution in [0.3, 0.4) is 0 Å². The Labute approximate surface area is 110 Å². The molecule has 2 atom stereocenters. The van der Waals surface area contributed by atoms with E-state index in [0.717, 1.165) is 22.6 Å². The second kappa shape index (κ2) is 3.99. The first kappa shape index (κ1) is 11.5. The average molecular weight is 265 g/mol. The number of amides is 2. The van der Waals surface area contributed by atoms with E-state index in [1.807, 2.05) is 18.2 Å². The van der Waals surface area contributed by atoms with Gasteiger partial charge in [0.25, 0.3) is 0 Å². The van der Waals surface area contributed by atoms with Crippen LogP contribution in [0.5, 0.6) is 0 Å². The molecule has 2 aliphatic rings. The van der Waals surface area contributed by atoms with Crippen LogP contribution in [0, 0.1) is 5.92 Å². The maximum absolute atomic E-state index is 11.9. The first-order valence-corrected chi connectivity index (χ1v) is 6.32. The maximum Gasteiger partial charge on any atom is 0.241 e. The van der Waals surface area contributed by atoms with Crippen LogP contribution in [0.15, 0.2) is 18.2 Å². The van der Waals surface area contributed by atoms with Crippen molar-refractivity contribution in [2.75, 3.05) is 0 Å². The van der Waals surface area contributed by atoms with E-state index in [1.54, 1.807) is 0 Å². The second-order valence-electron chi connectivity index (χ2n) is 4.85. The van der Waals surface area contributed by atoms with E-state index in [1.165, 1.54) is 11.9 Å². The number of nitrogens with one attached hydrogen (secondary N) is 1. The fraction of sp³-hybridized carbons (Fsp3) is 0.385. The minimum Gasteiger partial charge on any atom is -0.274 e. The quantitative estimate of drug-likeness (QED) is 0.841. The molecule has 0 spiro atoms. The van der Waals surface area contributed by atoms with Crippen LogP contribution in [-0.2, 0) is 16.0 Å². The Balaban J connectivity index is 2.01. The summed E-state index contributed by atoms with van der Waals surface area (Å²) in [7, 11) is 0. The smallest absolute Gasteiger partial charge is 0.241 e. The molecule has 0 aromatic heterocycles. The number of hydrogen-bond acceptors (Lipinski definition) is 2. The highest BCUT2D eigenvalue weighted by atomic mass is 35.5. The molecule has 1 aromatic carbocycles. The zero-order chi connectivity index (χ0) is 12.9. The maximum atomic E-state index is 11.9. The van der Waals surface area contributed by atoms with Crippen molar-refractivity contribution in [2.24, 2.45) is 5.92 Å². The zero-order valence-electron chi connectivity index (χ0n) is 9.94. The van der Waals surface area contributed by atoms with Gasteiger partial charge in [-0.25, -0.2) is 5.01 Å². The third-order valence-corrected chi connectivity index (χ3v) is 4.00. The molecule has 2 amide bonds. The number of carbonyl (C=O) groups excluding carboxylic acids is 2. The van der Waals surface area contributed by atoms with E-state index in [2.05, 4.69) is 5.43 Å². The Bertz CT molecular complexity index is 544. The number of rotatable bonds is 1. The SMILES string of the molecule is CC(=O)NN1C(=O)CC2Cc3c(Cl)cccc3C21. The summed E-state index contributed by atoms with van der Waals surface area (Å²) < 4.78 is 0. The first-order valence-electron chi connectivity index (χ1n) is 5.94. The Morgan fingerprint density at radius 1 is 1.44 bits per heavy atom. The van der Waals surface area contributed by atoms with Crippen molar-refractivity contribution < 1.29 is 9.59 Å². The lowest BCUT2D eigenvalue weighted by Crippen LogP contribution is -2.43. The number of hydrogen-bond donors (Lipinski definition) is 1. The lowest BCUT2D eigenvalue weighted by atomic mass is 10.0. The van der Waals surface area contributed by atoms with E-state index in [0.29, 0.717) is 6.42 Å². The van der Waals surface area contributed by atoms with Crippen LogP contribution in [0.2, 0.25) is 5.02 Å². The number of benzene rings is 1. The van der Waals surface area contributed by atoms with E-state index in [4.69, 9.17) is 11.6 Å². The van der Waals surface area contributed by atoms with E-state index in [-0.39, 0.29) is 23.8 Å². The average Bonchev–Trinajstić information content (AvgIpc) is 2.78. The predicted molar refractivity (Wildman–Crippen MR) is 66.7 cm³/mol. The van der Waals surface area contributed by atoms with Crippen LogP contribution in [0.1, 0.15) is 30.5 Å². The largest absolute Gasteiger partial charge is 0.274 e. The van der Waals surface area contributed by atoms with Crippen molar-refractivity contribution in [1.29, 1.82) is 0 Å². The van der Waals surface area contributed by atoms with Crippen LogP contribution < -0.4 is 5.43 Å². The van der Waals surface area contributed by atoms with Gasteiger partial charge in [-0.05, 0) is 29.5 Å². The van der Waals surface area contributed by atoms with Gasteiger partial charge in [0.05, 0.1) is 6.04 Å². The van der Waals surface area contributed by atoms with E-state index in [9.17, 15) is 9.59 Å². The molecule has 18 heavy (non-hydrogen) atoms. The summed E-state index contributed by atoms with van der Waals surface area (Å²) in [5.41, 5.74) is 4.80. The lowest BCUT2D eigenvalue weighted by Gasteiger charge is -2.24. The van der Waals surface area contributed by atoms with Gasteiger partial charge in [0, 0.05) is 18.4 Å². The van der Waals surface area contributed by atoms with Gasteiger partial charge in [0.1, 0.15) is 0 Å². The molecule has 1 aliphatic heterocycles. The highest BCUT2D eigenvalue weighted by Crippen LogP contribution is 2.47. The Morgan fingerprint density at radius 2 is 2.22 bits per heavy atom. The Hall–Kier alpha value is -1.55. The Morgan fingerprint density at radius 3 is 2.94 bits per heavy atom. The van der Waals surface area contributed by atoms with Gasteiger partial charge < -0.3 is 0 Å². The normalized spacial score (nSPS) is 25.0. The highest BCUT2D eigenvalue weighted by Gasteiger charge is 2.46. The molecule has 2 unspecified atom stereocenters. The van der Waals surface area contributed by atoms with Crippen LogP contribution in [0.4, 0.5) is 0 Å². The van der Waals surface area contributed by atoms with Gasteiger partial charge >= 0.3 is 0 Å². The molecule has 94 valence electrons. The van der Waals surface area contributed by atoms with Crippen molar-refractivity contribution in [1.82, 2.24) is 10.4 Å². The lowest BCUT2D eigenvalue weighted by molar-refractivity contribution is -0.139. The molecule has 1 aromatic rings. The van der Waals surface area contributed by atoms with Gasteiger partial charge in [0.2, 0.25) is 11.8 Å². The van der Waals surface area contributed by atoms with Gasteiger partial charge in [0.15, 0.2) is 0 Å². The standard InChI is InChI=1S/C13H13ClN2O2/c1-7(17)15-16-12(18)6-8-5-10-9(13(8)16)3-2-4-11(10)14/h2-4,8,13H,5-6H2,1H3,(H,15,17). The summed E-state index contributed by atoms with van der Waals surface area (Å²) >= 11 is 6.18. The third kappa shape index (κ3) is 1.60. The van der Waals surface area contributed by atoms with Gasteiger partial charge in [-0.3, -0.25) is 15.0 Å². The van der Waals surface area contributed by atoms with Crippen molar-refractivity contribution in [3.63, 3.8) is 0 Å². The summed E-state index contributed by atoms with van der Waals surface area (Å²) in [5.74, 6) is -0.0236. The van der Waals surface area contributed by atoms with E-state index >= 15 is 0 Å². The monoisotopic (exact) mass is 264 g/mol. The molecule has 0 saturated carbocycles. The van der Waals surface area contributed by atoms with Crippen molar-refractivity contribution in [2.45, 2.75) is 25.8 Å². The van der Waals surface area contributed by atoms with Crippen molar-refractivity contribution in [3.05, 3.63) is 34.3 Å². The number of nitrogens with zero attached hydrogens (tertiary/aromatic N) is 1. The third-order valence-electron chi connectivity index (χ3n) is 3.65. The summed E-state index contributed by atoms with van der Waals surface area (Å²) in [6, 6.07) is 5.68. The Kier molecular flexibility index (Phi) is 2.55. The van der Waals surface area contributed by atoms with Gasteiger partial charge in [-0.1, -0.05) is 23.7 Å². The highest BCUT2D eigenvalue weighted by molar-refractivity contribution is 6.31. The molecule has 4 nitrogen and oxygen atoms in total. The second-order valence-corrected chi connectivity index (χ2v) is 5.26. The molecule has 5 heteroatoms. The number of halogens is 1. The number of hydrazine groups is 1. The molecular formula is C13H13ClN2O2. The van der Waals surface area contributed by atoms with Crippen LogP contribution >= 0.6 is 11.6 Å². The number of carbonyl (C=O) groups is 2. The van der Waals surface area contributed by atoms with Gasteiger partial charge in [-0.2, -0.15) is 0 Å². The predicted octanol–water partition coefficient (Wildman–Crippen LogP) is 1.84. The molecule has 1 aliphatic carbocycles. The van der Waals surface area contributed by atoms with Crippen molar-refractivity contribution >= 4 is 23.4 Å². The fourth-order valence-corrected chi connectivity index (χ4v) is 3.27. The van der Waals surface area contributed by atoms with Crippen LogP contribution in [-0.4, -0.2) is 16.8 Å². The first-order chi connectivity index (χ1) is 8.58.